The largest absolute Gasteiger partial charge is 0.457 e. The highest BCUT2D eigenvalue weighted by molar-refractivity contribution is 5.71. The van der Waals surface area contributed by atoms with Gasteiger partial charge >= 0.3 is 5.97 Å². The predicted octanol–water partition coefficient (Wildman–Crippen LogP) is 9.11. The van der Waals surface area contributed by atoms with Gasteiger partial charge in [0.05, 0.1) is 26.6 Å². The summed E-state index contributed by atoms with van der Waals surface area (Å²) in [6, 6.07) is 18.7. The summed E-state index contributed by atoms with van der Waals surface area (Å²) in [6.45, 7) is 6.06. The number of rotatable bonds is 22. The Morgan fingerprint density at radius 1 is 0.769 bits per heavy atom. The van der Waals surface area contributed by atoms with Crippen molar-refractivity contribution in [1.29, 1.82) is 0 Å². The zero-order valence-corrected chi connectivity index (χ0v) is 25.5. The molecule has 0 saturated carbocycles. The standard InChI is InChI=1S/C35H56NO3/c1-5-6-7-8-9-10-11-12-13-14-15-19-24-33-25-20-21-26-34(33)38-30-39-35(37)31(2)27-28-36(3,4)29-32-22-17-16-18-23-32/h16-18,20-23,25-26,31H,5-15,19,24,27-30H2,1-4H3/q+1. The number of quaternary nitrogens is 1. The summed E-state index contributed by atoms with van der Waals surface area (Å²) in [7, 11) is 4.42. The average molecular weight is 539 g/mol. The number of para-hydroxylation sites is 1. The molecule has 4 nitrogen and oxygen atoms in total. The van der Waals surface area contributed by atoms with Gasteiger partial charge in [0.25, 0.3) is 0 Å². The van der Waals surface area contributed by atoms with Gasteiger partial charge in [-0.2, -0.15) is 0 Å². The number of aryl methyl sites for hydroxylation is 1. The molecule has 0 radical (unpaired) electrons. The molecule has 0 aromatic heterocycles. The van der Waals surface area contributed by atoms with Crippen molar-refractivity contribution >= 4 is 5.97 Å². The topological polar surface area (TPSA) is 35.5 Å². The van der Waals surface area contributed by atoms with Crippen molar-refractivity contribution < 1.29 is 18.8 Å². The average Bonchev–Trinajstić information content (AvgIpc) is 2.93. The lowest BCUT2D eigenvalue weighted by Crippen LogP contribution is -2.40. The third-order valence-corrected chi connectivity index (χ3v) is 7.71. The van der Waals surface area contributed by atoms with Gasteiger partial charge in [0.2, 0.25) is 6.79 Å². The lowest BCUT2D eigenvalue weighted by atomic mass is 10.0. The fourth-order valence-electron chi connectivity index (χ4n) is 5.12. The zero-order valence-electron chi connectivity index (χ0n) is 25.5. The molecular weight excluding hydrogens is 482 g/mol. The van der Waals surface area contributed by atoms with E-state index in [1.807, 2.05) is 25.1 Å². The summed E-state index contributed by atoms with van der Waals surface area (Å²) in [5, 5.41) is 0. The number of hydrogen-bond acceptors (Lipinski definition) is 3. The first-order chi connectivity index (χ1) is 18.9. The van der Waals surface area contributed by atoms with Gasteiger partial charge in [0.1, 0.15) is 12.3 Å². The number of nitrogens with zero attached hydrogens (tertiary/aromatic N) is 1. The molecule has 0 bridgehead atoms. The highest BCUT2D eigenvalue weighted by Crippen LogP contribution is 2.22. The van der Waals surface area contributed by atoms with E-state index in [4.69, 9.17) is 9.47 Å². The molecule has 1 atom stereocenters. The van der Waals surface area contributed by atoms with E-state index in [1.54, 1.807) is 0 Å². The third kappa shape index (κ3) is 15.1. The molecule has 0 aliphatic heterocycles. The lowest BCUT2D eigenvalue weighted by molar-refractivity contribution is -0.904. The second-order valence-corrected chi connectivity index (χ2v) is 12.0. The molecule has 2 aromatic carbocycles. The monoisotopic (exact) mass is 538 g/mol. The Labute approximate surface area is 239 Å². The van der Waals surface area contributed by atoms with Crippen molar-refractivity contribution in [2.75, 3.05) is 27.4 Å². The Balaban J connectivity index is 1.59. The number of benzene rings is 2. The van der Waals surface area contributed by atoms with Crippen LogP contribution in [0.2, 0.25) is 0 Å². The lowest BCUT2D eigenvalue weighted by Gasteiger charge is -2.30. The quantitative estimate of drug-likeness (QED) is 0.0649. The van der Waals surface area contributed by atoms with Crippen molar-refractivity contribution in [3.63, 3.8) is 0 Å². The molecule has 4 heteroatoms. The van der Waals surface area contributed by atoms with Crippen molar-refractivity contribution in [2.45, 2.75) is 110 Å². The van der Waals surface area contributed by atoms with Crippen molar-refractivity contribution in [3.8, 4) is 5.75 Å². The Hall–Kier alpha value is -2.33. The van der Waals surface area contributed by atoms with E-state index in [-0.39, 0.29) is 18.7 Å². The number of carbonyl (C=O) groups excluding carboxylic acids is 1. The van der Waals surface area contributed by atoms with Crippen LogP contribution in [0.15, 0.2) is 54.6 Å². The first-order valence-corrected chi connectivity index (χ1v) is 15.6. The SMILES string of the molecule is CCCCCCCCCCCCCCc1ccccc1OCOC(=O)C(C)CC[N+](C)(C)Cc1ccccc1. The van der Waals surface area contributed by atoms with Crippen LogP contribution in [-0.4, -0.2) is 37.9 Å². The molecule has 0 heterocycles. The molecule has 0 aliphatic rings. The summed E-state index contributed by atoms with van der Waals surface area (Å²) >= 11 is 0. The van der Waals surface area contributed by atoms with Gasteiger partial charge in [-0.15, -0.1) is 0 Å². The van der Waals surface area contributed by atoms with Crippen LogP contribution in [0.3, 0.4) is 0 Å². The van der Waals surface area contributed by atoms with Gasteiger partial charge in [0, 0.05) is 12.0 Å². The van der Waals surface area contributed by atoms with E-state index in [0.717, 1.165) is 36.2 Å². The zero-order chi connectivity index (χ0) is 28.2. The summed E-state index contributed by atoms with van der Waals surface area (Å²) in [6.07, 6.45) is 18.0. The van der Waals surface area contributed by atoms with Gasteiger partial charge in [-0.05, 0) is 24.5 Å². The molecule has 0 amide bonds. The second kappa shape index (κ2) is 19.7. The van der Waals surface area contributed by atoms with E-state index in [1.165, 1.54) is 88.2 Å². The summed E-state index contributed by atoms with van der Waals surface area (Å²) in [4.78, 5) is 12.6. The maximum atomic E-state index is 12.6. The fraction of sp³-hybridized carbons (Fsp3) is 0.629. The minimum atomic E-state index is -0.187. The Bertz CT molecular complexity index is 896. The summed E-state index contributed by atoms with van der Waals surface area (Å²) in [5.41, 5.74) is 2.52. The molecule has 0 aliphatic carbocycles. The minimum Gasteiger partial charge on any atom is -0.457 e. The van der Waals surface area contributed by atoms with Crippen LogP contribution in [0, 0.1) is 5.92 Å². The number of esters is 1. The van der Waals surface area contributed by atoms with Crippen molar-refractivity contribution in [2.24, 2.45) is 5.92 Å². The van der Waals surface area contributed by atoms with Crippen LogP contribution in [0.4, 0.5) is 0 Å². The van der Waals surface area contributed by atoms with E-state index < -0.39 is 0 Å². The van der Waals surface area contributed by atoms with Gasteiger partial charge in [-0.1, -0.05) is 133 Å². The van der Waals surface area contributed by atoms with Gasteiger partial charge in [0.15, 0.2) is 0 Å². The normalized spacial score (nSPS) is 12.3. The first-order valence-electron chi connectivity index (χ1n) is 15.6. The molecule has 0 saturated heterocycles. The van der Waals surface area contributed by atoms with E-state index in [9.17, 15) is 4.79 Å². The predicted molar refractivity (Wildman–Crippen MR) is 164 cm³/mol. The number of carbonyl (C=O) groups is 1. The number of ether oxygens (including phenoxy) is 2. The van der Waals surface area contributed by atoms with Crippen LogP contribution in [0.5, 0.6) is 5.75 Å². The summed E-state index contributed by atoms with van der Waals surface area (Å²) in [5.74, 6) is 0.493. The Kier molecular flexibility index (Phi) is 16.6. The molecule has 1 unspecified atom stereocenters. The van der Waals surface area contributed by atoms with Crippen LogP contribution < -0.4 is 4.74 Å². The van der Waals surface area contributed by atoms with Crippen LogP contribution in [-0.2, 0) is 22.5 Å². The van der Waals surface area contributed by atoms with Gasteiger partial charge < -0.3 is 14.0 Å². The Morgan fingerprint density at radius 2 is 1.33 bits per heavy atom. The second-order valence-electron chi connectivity index (χ2n) is 12.0. The minimum absolute atomic E-state index is 0.0269. The molecule has 0 spiro atoms. The molecule has 39 heavy (non-hydrogen) atoms. The molecule has 2 rings (SSSR count). The van der Waals surface area contributed by atoms with E-state index in [0.29, 0.717) is 0 Å². The maximum absolute atomic E-state index is 12.6. The highest BCUT2D eigenvalue weighted by atomic mass is 16.7. The van der Waals surface area contributed by atoms with Crippen LogP contribution in [0.25, 0.3) is 0 Å². The van der Waals surface area contributed by atoms with Gasteiger partial charge in [-0.3, -0.25) is 4.79 Å². The van der Waals surface area contributed by atoms with Crippen LogP contribution in [0.1, 0.15) is 108 Å². The number of hydrogen-bond donors (Lipinski definition) is 0. The molecular formula is C35H56NO3+. The van der Waals surface area contributed by atoms with E-state index in [2.05, 4.69) is 57.4 Å². The molecule has 2 aromatic rings. The van der Waals surface area contributed by atoms with Crippen molar-refractivity contribution in [3.05, 3.63) is 65.7 Å². The smallest absolute Gasteiger partial charge is 0.311 e. The first kappa shape index (κ1) is 32.9. The molecule has 0 fully saturated rings. The van der Waals surface area contributed by atoms with Crippen molar-refractivity contribution in [1.82, 2.24) is 0 Å². The van der Waals surface area contributed by atoms with E-state index >= 15 is 0 Å². The third-order valence-electron chi connectivity index (χ3n) is 7.71. The Morgan fingerprint density at radius 3 is 1.97 bits per heavy atom. The number of unbranched alkanes of at least 4 members (excludes halogenated alkanes) is 11. The fourth-order valence-corrected chi connectivity index (χ4v) is 5.12. The maximum Gasteiger partial charge on any atom is 0.311 e. The molecule has 218 valence electrons. The highest BCUT2D eigenvalue weighted by Gasteiger charge is 2.22. The molecule has 0 N–H and O–H groups in total. The van der Waals surface area contributed by atoms with Gasteiger partial charge in [-0.25, -0.2) is 0 Å². The van der Waals surface area contributed by atoms with Crippen LogP contribution >= 0.6 is 0 Å². The summed E-state index contributed by atoms with van der Waals surface area (Å²) < 4.78 is 12.2.